The van der Waals surface area contributed by atoms with Crippen molar-refractivity contribution in [1.82, 2.24) is 4.90 Å². The van der Waals surface area contributed by atoms with Crippen LogP contribution in [0.2, 0.25) is 0 Å². The fourth-order valence-electron chi connectivity index (χ4n) is 3.68. The second-order valence-corrected chi connectivity index (χ2v) is 9.81. The number of aliphatic hydroxyl groups is 2. The SMILES string of the molecule is O=C(O)C(O)Oc1ccc(S(=O)(=O)CCN2CCC(Cc3ccccc3)[C@H](O)C2)cc1. The summed E-state index contributed by atoms with van der Waals surface area (Å²) in [6.07, 6.45) is -0.917. The van der Waals surface area contributed by atoms with Gasteiger partial charge in [0.25, 0.3) is 6.29 Å². The van der Waals surface area contributed by atoms with Gasteiger partial charge in [-0.25, -0.2) is 13.2 Å². The van der Waals surface area contributed by atoms with E-state index in [1.807, 2.05) is 35.2 Å². The Hall–Kier alpha value is -2.46. The summed E-state index contributed by atoms with van der Waals surface area (Å²) in [5, 5.41) is 28.4. The van der Waals surface area contributed by atoms with Gasteiger partial charge in [-0.15, -0.1) is 0 Å². The Kier molecular flexibility index (Phi) is 7.66. The van der Waals surface area contributed by atoms with Crippen molar-refractivity contribution >= 4 is 15.8 Å². The highest BCUT2D eigenvalue weighted by Gasteiger charge is 2.28. The number of hydrogen-bond acceptors (Lipinski definition) is 7. The molecule has 0 spiro atoms. The summed E-state index contributed by atoms with van der Waals surface area (Å²) in [4.78, 5) is 12.7. The number of piperidine rings is 1. The van der Waals surface area contributed by atoms with Gasteiger partial charge in [-0.2, -0.15) is 0 Å². The van der Waals surface area contributed by atoms with Crippen molar-refractivity contribution in [2.75, 3.05) is 25.4 Å². The third-order valence-electron chi connectivity index (χ3n) is 5.46. The number of nitrogens with zero attached hydrogens (tertiary/aromatic N) is 1. The first-order valence-electron chi connectivity index (χ1n) is 10.1. The number of sulfone groups is 1. The lowest BCUT2D eigenvalue weighted by Gasteiger charge is -2.36. The summed E-state index contributed by atoms with van der Waals surface area (Å²) in [6, 6.07) is 15.3. The number of likely N-dealkylation sites (tertiary alicyclic amines) is 1. The molecule has 0 aliphatic carbocycles. The van der Waals surface area contributed by atoms with Crippen molar-refractivity contribution in [2.45, 2.75) is 30.1 Å². The van der Waals surface area contributed by atoms with Crippen molar-refractivity contribution in [3.05, 3.63) is 60.2 Å². The highest BCUT2D eigenvalue weighted by molar-refractivity contribution is 7.91. The smallest absolute Gasteiger partial charge is 0.373 e. The number of aliphatic hydroxyl groups excluding tert-OH is 2. The zero-order chi connectivity index (χ0) is 22.4. The van der Waals surface area contributed by atoms with Crippen LogP contribution in [0.15, 0.2) is 59.5 Å². The van der Waals surface area contributed by atoms with E-state index >= 15 is 0 Å². The summed E-state index contributed by atoms with van der Waals surface area (Å²) in [6.45, 7) is 1.48. The van der Waals surface area contributed by atoms with Gasteiger partial charge in [0.1, 0.15) is 5.75 Å². The van der Waals surface area contributed by atoms with E-state index in [1.165, 1.54) is 29.8 Å². The monoisotopic (exact) mass is 449 g/mol. The number of ether oxygens (including phenoxy) is 1. The van der Waals surface area contributed by atoms with E-state index in [-0.39, 0.29) is 22.3 Å². The summed E-state index contributed by atoms with van der Waals surface area (Å²) >= 11 is 0. The molecule has 2 unspecified atom stereocenters. The Balaban J connectivity index is 1.51. The molecule has 2 aromatic rings. The lowest BCUT2D eigenvalue weighted by Crippen LogP contribution is -2.46. The Morgan fingerprint density at radius 3 is 2.42 bits per heavy atom. The largest absolute Gasteiger partial charge is 0.477 e. The Labute approximate surface area is 181 Å². The average molecular weight is 450 g/mol. The van der Waals surface area contributed by atoms with Crippen LogP contribution in [0.3, 0.4) is 0 Å². The maximum atomic E-state index is 12.6. The third-order valence-corrected chi connectivity index (χ3v) is 7.17. The van der Waals surface area contributed by atoms with Gasteiger partial charge in [0.2, 0.25) is 0 Å². The van der Waals surface area contributed by atoms with E-state index in [4.69, 9.17) is 9.84 Å². The third kappa shape index (κ3) is 6.51. The van der Waals surface area contributed by atoms with Crippen LogP contribution in [0, 0.1) is 5.92 Å². The molecule has 31 heavy (non-hydrogen) atoms. The molecule has 1 aliphatic rings. The molecule has 1 aliphatic heterocycles. The number of benzene rings is 2. The molecule has 3 N–H and O–H groups in total. The molecule has 3 rings (SSSR count). The number of carboxylic acid groups (broad SMARTS) is 1. The highest BCUT2D eigenvalue weighted by atomic mass is 32.2. The quantitative estimate of drug-likeness (QED) is 0.488. The fourth-order valence-corrected chi connectivity index (χ4v) is 4.96. The Morgan fingerprint density at radius 1 is 1.13 bits per heavy atom. The maximum Gasteiger partial charge on any atom is 0.373 e. The van der Waals surface area contributed by atoms with Crippen LogP contribution in [0.5, 0.6) is 5.75 Å². The minimum Gasteiger partial charge on any atom is -0.477 e. The summed E-state index contributed by atoms with van der Waals surface area (Å²) in [5.41, 5.74) is 1.19. The van der Waals surface area contributed by atoms with Gasteiger partial charge in [-0.1, -0.05) is 30.3 Å². The molecule has 0 aromatic heterocycles. The van der Waals surface area contributed by atoms with E-state index < -0.39 is 28.2 Å². The summed E-state index contributed by atoms with van der Waals surface area (Å²) in [5.74, 6) is -1.42. The minimum atomic E-state index is -3.56. The first kappa shape index (κ1) is 23.2. The maximum absolute atomic E-state index is 12.6. The predicted octanol–water partition coefficient (Wildman–Crippen LogP) is 1.17. The molecule has 1 fully saturated rings. The van der Waals surface area contributed by atoms with Crippen molar-refractivity contribution in [3.8, 4) is 5.75 Å². The molecule has 0 amide bonds. The molecule has 0 bridgehead atoms. The van der Waals surface area contributed by atoms with E-state index in [0.717, 1.165) is 19.4 Å². The summed E-state index contributed by atoms with van der Waals surface area (Å²) < 4.78 is 30.0. The molecule has 168 valence electrons. The highest BCUT2D eigenvalue weighted by Crippen LogP contribution is 2.23. The van der Waals surface area contributed by atoms with Crippen LogP contribution in [-0.4, -0.2) is 72.4 Å². The number of carboxylic acids is 1. The normalized spacial score (nSPS) is 20.8. The van der Waals surface area contributed by atoms with Crippen molar-refractivity contribution in [3.63, 3.8) is 0 Å². The van der Waals surface area contributed by atoms with E-state index in [1.54, 1.807) is 0 Å². The number of β-amino-alcohol motifs (C(OH)–C–C–N with tert-alkyl or cyclic N) is 1. The first-order valence-corrected chi connectivity index (χ1v) is 11.7. The first-order chi connectivity index (χ1) is 14.7. The van der Waals surface area contributed by atoms with Gasteiger partial charge >= 0.3 is 5.97 Å². The molecule has 1 heterocycles. The molecule has 8 nitrogen and oxygen atoms in total. The number of aliphatic carboxylic acids is 1. The van der Waals surface area contributed by atoms with E-state index in [0.29, 0.717) is 13.1 Å². The van der Waals surface area contributed by atoms with Gasteiger partial charge < -0.3 is 20.1 Å². The van der Waals surface area contributed by atoms with Crippen LogP contribution in [0.4, 0.5) is 0 Å². The Bertz CT molecular complexity index is 963. The summed E-state index contributed by atoms with van der Waals surface area (Å²) in [7, 11) is -3.56. The van der Waals surface area contributed by atoms with Crippen molar-refractivity contribution in [2.24, 2.45) is 5.92 Å². The molecule has 3 atom stereocenters. The molecular formula is C22H27NO7S. The number of rotatable bonds is 9. The number of carbonyl (C=O) groups is 1. The van der Waals surface area contributed by atoms with Crippen LogP contribution in [0.25, 0.3) is 0 Å². The van der Waals surface area contributed by atoms with Crippen molar-refractivity contribution < 1.29 is 33.3 Å². The van der Waals surface area contributed by atoms with Gasteiger partial charge in [0, 0.05) is 13.1 Å². The van der Waals surface area contributed by atoms with Gasteiger partial charge in [0.15, 0.2) is 9.84 Å². The fraction of sp³-hybridized carbons (Fsp3) is 0.409. The van der Waals surface area contributed by atoms with Crippen LogP contribution < -0.4 is 4.74 Å². The van der Waals surface area contributed by atoms with Gasteiger partial charge in [0.05, 0.1) is 16.8 Å². The van der Waals surface area contributed by atoms with E-state index in [9.17, 15) is 23.4 Å². The van der Waals surface area contributed by atoms with E-state index in [2.05, 4.69) is 0 Å². The zero-order valence-corrected chi connectivity index (χ0v) is 17.8. The molecule has 2 aromatic carbocycles. The molecular weight excluding hydrogens is 422 g/mol. The van der Waals surface area contributed by atoms with Crippen molar-refractivity contribution in [1.29, 1.82) is 0 Å². The average Bonchev–Trinajstić information content (AvgIpc) is 2.75. The molecule has 1 saturated heterocycles. The van der Waals surface area contributed by atoms with Crippen LogP contribution >= 0.6 is 0 Å². The Morgan fingerprint density at radius 2 is 1.81 bits per heavy atom. The molecule has 9 heteroatoms. The topological polar surface area (TPSA) is 124 Å². The second-order valence-electron chi connectivity index (χ2n) is 7.71. The minimum absolute atomic E-state index is 0.0532. The second kappa shape index (κ2) is 10.2. The van der Waals surface area contributed by atoms with Gasteiger partial charge in [-0.05, 0) is 55.1 Å². The van der Waals surface area contributed by atoms with Gasteiger partial charge in [-0.3, -0.25) is 4.90 Å². The zero-order valence-electron chi connectivity index (χ0n) is 17.0. The number of hydrogen-bond donors (Lipinski definition) is 3. The molecule has 0 radical (unpaired) electrons. The lowest BCUT2D eigenvalue weighted by atomic mass is 9.88. The van der Waals surface area contributed by atoms with Crippen LogP contribution in [-0.2, 0) is 21.1 Å². The predicted molar refractivity (Wildman–Crippen MR) is 113 cm³/mol. The molecule has 0 saturated carbocycles. The van der Waals surface area contributed by atoms with Crippen LogP contribution in [0.1, 0.15) is 12.0 Å². The standard InChI is InChI=1S/C22H27NO7S/c24-20-15-23(11-10-17(20)14-16-4-2-1-3-5-16)12-13-31(28,29)19-8-6-18(7-9-19)30-22(27)21(25)26/h1-9,17,20,22,24,27H,10-15H2,(H,25,26)/t17?,20-,22?/m1/s1. The lowest BCUT2D eigenvalue weighted by molar-refractivity contribution is -0.162.